The first-order valence-electron chi connectivity index (χ1n) is 13.6. The van der Waals surface area contributed by atoms with Crippen LogP contribution in [0, 0.1) is 23.7 Å². The first-order valence-corrected chi connectivity index (χ1v) is 13.6. The van der Waals surface area contributed by atoms with Crippen molar-refractivity contribution in [3.63, 3.8) is 0 Å². The number of aromatic nitrogens is 1. The number of amides is 1. The van der Waals surface area contributed by atoms with Gasteiger partial charge in [0.2, 0.25) is 5.88 Å². The van der Waals surface area contributed by atoms with Crippen molar-refractivity contribution in [3.8, 4) is 5.88 Å². The molecule has 1 aliphatic heterocycles. The molecule has 1 aromatic rings. The van der Waals surface area contributed by atoms with Gasteiger partial charge in [-0.15, -0.1) is 0 Å². The Kier molecular flexibility index (Phi) is 7.56. The van der Waals surface area contributed by atoms with Crippen molar-refractivity contribution in [1.29, 1.82) is 0 Å². The van der Waals surface area contributed by atoms with E-state index in [-0.39, 0.29) is 36.1 Å². The van der Waals surface area contributed by atoms with E-state index in [1.807, 2.05) is 11.8 Å². The van der Waals surface area contributed by atoms with Gasteiger partial charge in [-0.3, -0.25) is 9.59 Å². The van der Waals surface area contributed by atoms with Gasteiger partial charge in [-0.2, -0.15) is 13.8 Å². The second-order valence-corrected chi connectivity index (χ2v) is 11.5. The first kappa shape index (κ1) is 26.1. The summed E-state index contributed by atoms with van der Waals surface area (Å²) in [7, 11) is 0. The molecule has 2 N–H and O–H groups in total. The smallest absolute Gasteiger partial charge is 0.345 e. The normalized spacial score (nSPS) is 32.5. The van der Waals surface area contributed by atoms with Crippen LogP contribution in [0.15, 0.2) is 12.1 Å². The Morgan fingerprint density at radius 3 is 2.68 bits per heavy atom. The number of piperidine rings is 1. The molecule has 1 saturated heterocycles. The van der Waals surface area contributed by atoms with E-state index < -0.39 is 18.2 Å². The van der Waals surface area contributed by atoms with Crippen LogP contribution in [0.2, 0.25) is 0 Å². The van der Waals surface area contributed by atoms with Crippen molar-refractivity contribution in [2.45, 2.75) is 83.0 Å². The second-order valence-electron chi connectivity index (χ2n) is 11.5. The summed E-state index contributed by atoms with van der Waals surface area (Å²) < 4.78 is 37.2. The van der Waals surface area contributed by atoms with E-state index in [9.17, 15) is 23.5 Å². The maximum Gasteiger partial charge on any atom is 0.345 e. The predicted molar refractivity (Wildman–Crippen MR) is 132 cm³/mol. The zero-order valence-corrected chi connectivity index (χ0v) is 21.3. The third-order valence-electron chi connectivity index (χ3n) is 8.68. The molecule has 4 aliphatic carbocycles. The van der Waals surface area contributed by atoms with Crippen LogP contribution in [0.25, 0.3) is 0 Å². The van der Waals surface area contributed by atoms with Gasteiger partial charge < -0.3 is 24.8 Å². The number of carbonyl (C=O) groups is 2. The fourth-order valence-corrected chi connectivity index (χ4v) is 7.56. The number of carboxylic acid groups (broad SMARTS) is 1. The summed E-state index contributed by atoms with van der Waals surface area (Å²) in [5.41, 5.74) is -0.323. The Morgan fingerprint density at radius 2 is 2.00 bits per heavy atom. The molecule has 4 saturated carbocycles. The number of nitrogens with zero attached hydrogens (tertiary/aromatic N) is 2. The molecule has 5 fully saturated rings. The minimum Gasteiger partial charge on any atom is -0.481 e. The van der Waals surface area contributed by atoms with E-state index in [0.717, 1.165) is 32.1 Å². The van der Waals surface area contributed by atoms with Crippen LogP contribution in [0.1, 0.15) is 75.1 Å². The fourth-order valence-electron chi connectivity index (χ4n) is 7.56. The molecule has 0 spiro atoms. The van der Waals surface area contributed by atoms with Gasteiger partial charge in [0.15, 0.2) is 0 Å². The third-order valence-corrected chi connectivity index (χ3v) is 8.68. The van der Waals surface area contributed by atoms with Crippen LogP contribution < -0.4 is 15.0 Å². The summed E-state index contributed by atoms with van der Waals surface area (Å²) >= 11 is 0. The van der Waals surface area contributed by atoms with Crippen molar-refractivity contribution < 1.29 is 33.0 Å². The molecular weight excluding hydrogens is 484 g/mol. The van der Waals surface area contributed by atoms with Gasteiger partial charge in [-0.1, -0.05) is 6.92 Å². The summed E-state index contributed by atoms with van der Waals surface area (Å²) in [6.07, 6.45) is 6.18. The number of nitrogens with one attached hydrogen (secondary N) is 1. The zero-order valence-electron chi connectivity index (χ0n) is 21.3. The molecular formula is C27H37F2N3O5. The highest BCUT2D eigenvalue weighted by Crippen LogP contribution is 2.57. The molecule has 5 aliphatic rings. The van der Waals surface area contributed by atoms with E-state index in [0.29, 0.717) is 62.1 Å². The summed E-state index contributed by atoms with van der Waals surface area (Å²) in [5, 5.41) is 12.5. The third kappa shape index (κ3) is 5.68. The van der Waals surface area contributed by atoms with Crippen molar-refractivity contribution >= 4 is 17.7 Å². The lowest BCUT2D eigenvalue weighted by atomic mass is 9.52. The van der Waals surface area contributed by atoms with E-state index in [2.05, 4.69) is 10.3 Å². The van der Waals surface area contributed by atoms with Gasteiger partial charge in [-0.25, -0.2) is 0 Å². The van der Waals surface area contributed by atoms with Crippen LogP contribution in [-0.2, 0) is 9.53 Å². The molecule has 2 unspecified atom stereocenters. The maximum absolute atomic E-state index is 13.7. The van der Waals surface area contributed by atoms with Crippen LogP contribution in [0.5, 0.6) is 5.88 Å². The number of alkyl halides is 2. The van der Waals surface area contributed by atoms with Crippen LogP contribution in [0.4, 0.5) is 14.6 Å². The lowest BCUT2D eigenvalue weighted by Gasteiger charge is -2.59. The summed E-state index contributed by atoms with van der Waals surface area (Å²) in [5.74, 6) is 0.493. The highest BCUT2D eigenvalue weighted by atomic mass is 19.3. The van der Waals surface area contributed by atoms with Crippen LogP contribution in [0.3, 0.4) is 0 Å². The average molecular weight is 522 g/mol. The number of pyridine rings is 1. The Labute approximate surface area is 216 Å². The molecule has 1 amide bonds. The molecule has 8 nitrogen and oxygen atoms in total. The highest BCUT2D eigenvalue weighted by Gasteiger charge is 2.57. The van der Waals surface area contributed by atoms with Gasteiger partial charge in [0.05, 0.1) is 17.8 Å². The van der Waals surface area contributed by atoms with Crippen molar-refractivity contribution in [3.05, 3.63) is 17.7 Å². The summed E-state index contributed by atoms with van der Waals surface area (Å²) in [6.45, 7) is 0.936. The molecule has 6 rings (SSSR count). The van der Waals surface area contributed by atoms with Crippen LogP contribution >= 0.6 is 0 Å². The molecule has 37 heavy (non-hydrogen) atoms. The predicted octanol–water partition coefficient (Wildman–Crippen LogP) is 4.48. The van der Waals surface area contributed by atoms with Crippen molar-refractivity contribution in [1.82, 2.24) is 10.3 Å². The van der Waals surface area contributed by atoms with Gasteiger partial charge >= 0.3 is 12.6 Å². The topological polar surface area (TPSA) is 101 Å². The lowest BCUT2D eigenvalue weighted by Crippen LogP contribution is -2.62. The summed E-state index contributed by atoms with van der Waals surface area (Å²) in [4.78, 5) is 31.7. The minimum atomic E-state index is -2.78. The molecule has 0 radical (unpaired) electrons. The number of carbonyl (C=O) groups excluding carboxylic acids is 1. The molecule has 4 bridgehead atoms. The van der Waals surface area contributed by atoms with E-state index >= 15 is 0 Å². The number of aliphatic carboxylic acids is 1. The number of ether oxygens (including phenoxy) is 2. The molecule has 1 aromatic heterocycles. The molecule has 3 atom stereocenters. The Morgan fingerprint density at radius 1 is 1.24 bits per heavy atom. The number of carboxylic acids is 1. The van der Waals surface area contributed by atoms with E-state index in [1.54, 1.807) is 12.1 Å². The molecule has 204 valence electrons. The largest absolute Gasteiger partial charge is 0.481 e. The first-order chi connectivity index (χ1) is 17.7. The molecule has 2 heterocycles. The number of rotatable bonds is 10. The highest BCUT2D eigenvalue weighted by molar-refractivity contribution is 5.99. The van der Waals surface area contributed by atoms with Gasteiger partial charge in [0.25, 0.3) is 5.91 Å². The maximum atomic E-state index is 13.7. The fraction of sp³-hybridized carbons (Fsp3) is 0.741. The molecule has 10 heteroatoms. The van der Waals surface area contributed by atoms with Crippen molar-refractivity contribution in [2.24, 2.45) is 23.7 Å². The van der Waals surface area contributed by atoms with E-state index in [1.165, 1.54) is 0 Å². The minimum absolute atomic E-state index is 0.0142. The van der Waals surface area contributed by atoms with Crippen molar-refractivity contribution in [2.75, 3.05) is 24.6 Å². The number of hydrogen-bond acceptors (Lipinski definition) is 6. The SMILES string of the molecule is CCCOc1ccc(C(=O)NC2C3CC4CC2CC(OC(F)F)(C4)C3)c(N2CCC[C@@H](CC(=O)O)C2)n1. The summed E-state index contributed by atoms with van der Waals surface area (Å²) in [6, 6.07) is 3.36. The number of halogens is 2. The quantitative estimate of drug-likeness (QED) is 0.468. The Hall–Kier alpha value is -2.49. The van der Waals surface area contributed by atoms with E-state index in [4.69, 9.17) is 9.47 Å². The zero-order chi connectivity index (χ0) is 26.2. The van der Waals surface area contributed by atoms with Gasteiger partial charge in [0.1, 0.15) is 5.82 Å². The Bertz CT molecular complexity index is 988. The monoisotopic (exact) mass is 521 g/mol. The second kappa shape index (κ2) is 10.7. The lowest BCUT2D eigenvalue weighted by molar-refractivity contribution is -0.260. The molecule has 0 aromatic carbocycles. The number of anilines is 1. The standard InChI is InChI=1S/C27H37F2N3O5/c1-2-8-36-21-6-5-20(24(30-21)32-7-3-4-16(15-32)11-22(33)34)25(35)31-23-18-9-17-10-19(23)14-27(12-17,13-18)37-26(28)29/h5-6,16-19,23,26H,2-4,7-15H2,1H3,(H,31,35)(H,33,34)/t16-,17?,18?,19?,23?,27?/m0/s1. The number of hydrogen-bond donors (Lipinski definition) is 2. The van der Waals surface area contributed by atoms with Crippen LogP contribution in [-0.4, -0.2) is 59.9 Å². The Balaban J connectivity index is 1.35. The van der Waals surface area contributed by atoms with Gasteiger partial charge in [0, 0.05) is 31.6 Å². The average Bonchev–Trinajstić information content (AvgIpc) is 2.83. The van der Waals surface area contributed by atoms with Gasteiger partial charge in [-0.05, 0) is 81.1 Å².